The van der Waals surface area contributed by atoms with Gasteiger partial charge >= 0.3 is 0 Å². The molecule has 44 heavy (non-hydrogen) atoms. The van der Waals surface area contributed by atoms with Crippen molar-refractivity contribution in [2.45, 2.75) is 35.4 Å². The second-order valence-corrected chi connectivity index (χ2v) is 13.7. The molecule has 7 nitrogen and oxygen atoms in total. The summed E-state index contributed by atoms with van der Waals surface area (Å²) in [6.45, 7) is 10.1. The largest absolute Gasteiger partial charge is 0.394 e. The summed E-state index contributed by atoms with van der Waals surface area (Å²) in [6, 6.07) is 21.6. The summed E-state index contributed by atoms with van der Waals surface area (Å²) < 4.78 is -0.827. The van der Waals surface area contributed by atoms with Gasteiger partial charge < -0.3 is 19.8 Å². The van der Waals surface area contributed by atoms with E-state index in [2.05, 4.69) is 20.1 Å². The fourth-order valence-corrected chi connectivity index (χ4v) is 10.3. The van der Waals surface area contributed by atoms with Gasteiger partial charge in [-0.1, -0.05) is 79.7 Å². The summed E-state index contributed by atoms with van der Waals surface area (Å²) in [5.74, 6) is -1.81. The Morgan fingerprint density at radius 3 is 2.39 bits per heavy atom. The number of rotatable bonds is 10. The number of benzene rings is 3. The van der Waals surface area contributed by atoms with Crippen LogP contribution >= 0.6 is 11.8 Å². The molecule has 1 spiro atoms. The molecule has 3 aliphatic rings. The lowest BCUT2D eigenvalue weighted by atomic mass is 9.65. The molecule has 0 aromatic heterocycles. The molecule has 228 valence electrons. The topological polar surface area (TPSA) is 81.2 Å². The van der Waals surface area contributed by atoms with E-state index in [-0.39, 0.29) is 42.0 Å². The van der Waals surface area contributed by atoms with Gasteiger partial charge in [-0.2, -0.15) is 0 Å². The number of carbonyl (C=O) groups excluding carboxylic acids is 3. The molecule has 7 atom stereocenters. The average Bonchev–Trinajstić information content (AvgIpc) is 3.63. The van der Waals surface area contributed by atoms with Crippen LogP contribution in [0.5, 0.6) is 0 Å². The lowest BCUT2D eigenvalue weighted by Crippen LogP contribution is -2.58. The molecular weight excluding hydrogens is 570 g/mol. The third-order valence-corrected chi connectivity index (χ3v) is 11.9. The first-order valence-electron chi connectivity index (χ1n) is 15.2. The zero-order valence-electron chi connectivity index (χ0n) is 25.2. The van der Waals surface area contributed by atoms with Crippen molar-refractivity contribution in [1.82, 2.24) is 9.80 Å². The van der Waals surface area contributed by atoms with Gasteiger partial charge in [0.1, 0.15) is 6.04 Å². The number of hydrogen-bond acceptors (Lipinski definition) is 5. The van der Waals surface area contributed by atoms with Crippen LogP contribution in [0.2, 0.25) is 0 Å². The first kappa shape index (κ1) is 30.2. The fourth-order valence-electron chi connectivity index (χ4n) is 7.87. The molecule has 3 unspecified atom stereocenters. The van der Waals surface area contributed by atoms with E-state index >= 15 is 4.79 Å². The van der Waals surface area contributed by atoms with Crippen LogP contribution in [-0.4, -0.2) is 75.4 Å². The summed E-state index contributed by atoms with van der Waals surface area (Å²) in [4.78, 5) is 48.8. The number of anilines is 1. The van der Waals surface area contributed by atoms with Gasteiger partial charge in [-0.05, 0) is 40.8 Å². The Bertz CT molecular complexity index is 1610. The number of aliphatic hydroxyl groups excluding tert-OH is 1. The Kier molecular flexibility index (Phi) is 8.16. The molecule has 0 radical (unpaired) electrons. The maximum absolute atomic E-state index is 15.1. The highest BCUT2D eigenvalue weighted by Gasteiger charge is 2.77. The minimum Gasteiger partial charge on any atom is -0.394 e. The molecule has 3 aliphatic heterocycles. The van der Waals surface area contributed by atoms with Crippen LogP contribution in [0.15, 0.2) is 98.1 Å². The second kappa shape index (κ2) is 11.9. The number of likely N-dealkylation sites (tertiary alicyclic amines) is 1. The number of thioether (sulfide) groups is 1. The van der Waals surface area contributed by atoms with Gasteiger partial charge in [0.25, 0.3) is 5.91 Å². The number of aliphatic hydroxyl groups is 1. The Hall–Kier alpha value is -3.88. The molecule has 0 saturated carbocycles. The summed E-state index contributed by atoms with van der Waals surface area (Å²) in [6.07, 6.45) is 4.11. The summed E-state index contributed by atoms with van der Waals surface area (Å²) in [5, 5.41) is 12.8. The molecule has 0 aliphatic carbocycles. The smallest absolute Gasteiger partial charge is 0.251 e. The zero-order chi connectivity index (χ0) is 31.2. The van der Waals surface area contributed by atoms with Gasteiger partial charge in [0.2, 0.25) is 11.8 Å². The standard InChI is InChI=1S/C36H39N3O4S/c1-5-18-37(4)33(41)30-29-20-23(3)36(44-29)31(30)34(42)39(28(22-40)25-13-8-7-9-14-25)32(36)35(43)38(19-6-2)27-17-16-24-12-10-11-15-26(24)21-27/h5-17,21,23,28-32,40H,1-2,18-20,22H2,3-4H3/t23?,28-,29+,30-,31+,32?,36?/m1/s1. The first-order valence-corrected chi connectivity index (χ1v) is 16.1. The van der Waals surface area contributed by atoms with Crippen LogP contribution < -0.4 is 4.90 Å². The van der Waals surface area contributed by atoms with Gasteiger partial charge in [-0.3, -0.25) is 14.4 Å². The molecule has 6 rings (SSSR count). The third-order valence-electron chi connectivity index (χ3n) is 9.80. The van der Waals surface area contributed by atoms with Crippen LogP contribution in [0.4, 0.5) is 5.69 Å². The maximum Gasteiger partial charge on any atom is 0.251 e. The van der Waals surface area contributed by atoms with Crippen molar-refractivity contribution < 1.29 is 19.5 Å². The predicted octanol–water partition coefficient (Wildman–Crippen LogP) is 5.07. The summed E-state index contributed by atoms with van der Waals surface area (Å²) in [5.41, 5.74) is 1.46. The Morgan fingerprint density at radius 1 is 1.02 bits per heavy atom. The lowest BCUT2D eigenvalue weighted by Gasteiger charge is -2.42. The van der Waals surface area contributed by atoms with Crippen molar-refractivity contribution in [3.63, 3.8) is 0 Å². The average molecular weight is 610 g/mol. The molecular formula is C36H39N3O4S. The van der Waals surface area contributed by atoms with Crippen molar-refractivity contribution in [2.75, 3.05) is 31.6 Å². The van der Waals surface area contributed by atoms with E-state index in [1.54, 1.807) is 45.7 Å². The highest BCUT2D eigenvalue weighted by atomic mass is 32.2. The van der Waals surface area contributed by atoms with E-state index in [4.69, 9.17) is 0 Å². The van der Waals surface area contributed by atoms with Gasteiger partial charge in [0, 0.05) is 31.1 Å². The number of amides is 3. The van der Waals surface area contributed by atoms with E-state index in [1.807, 2.05) is 72.8 Å². The molecule has 3 aromatic carbocycles. The van der Waals surface area contributed by atoms with Crippen molar-refractivity contribution in [3.8, 4) is 0 Å². The molecule has 3 aromatic rings. The highest BCUT2D eigenvalue weighted by Crippen LogP contribution is 2.69. The SMILES string of the molecule is C=CCN(C)C(=O)[C@@H]1[C@@H]2CC(C)C3(S2)C(C(=O)N(CC=C)c2ccc4ccccc4c2)N([C@H](CO)c2ccccc2)C(=O)[C@H]13. The lowest BCUT2D eigenvalue weighted by molar-refractivity contribution is -0.145. The van der Waals surface area contributed by atoms with E-state index < -0.39 is 28.7 Å². The molecule has 3 fully saturated rings. The number of nitrogens with zero attached hydrogens (tertiary/aromatic N) is 3. The summed E-state index contributed by atoms with van der Waals surface area (Å²) in [7, 11) is 1.74. The predicted molar refractivity (Wildman–Crippen MR) is 176 cm³/mol. The zero-order valence-corrected chi connectivity index (χ0v) is 26.0. The van der Waals surface area contributed by atoms with Gasteiger partial charge in [0.15, 0.2) is 0 Å². The maximum atomic E-state index is 15.1. The van der Waals surface area contributed by atoms with Crippen molar-refractivity contribution >= 4 is 45.9 Å². The third kappa shape index (κ3) is 4.58. The van der Waals surface area contributed by atoms with Crippen LogP contribution in [0.3, 0.4) is 0 Å². The van der Waals surface area contributed by atoms with Gasteiger partial charge in [0.05, 0.1) is 29.2 Å². The van der Waals surface area contributed by atoms with Crippen LogP contribution in [0, 0.1) is 17.8 Å². The number of carbonyl (C=O) groups is 3. The van der Waals surface area contributed by atoms with E-state index in [0.717, 1.165) is 22.8 Å². The van der Waals surface area contributed by atoms with Crippen LogP contribution in [-0.2, 0) is 14.4 Å². The van der Waals surface area contributed by atoms with E-state index in [9.17, 15) is 14.7 Å². The van der Waals surface area contributed by atoms with Crippen molar-refractivity contribution in [1.29, 1.82) is 0 Å². The van der Waals surface area contributed by atoms with Crippen molar-refractivity contribution in [2.24, 2.45) is 17.8 Å². The summed E-state index contributed by atoms with van der Waals surface area (Å²) >= 11 is 1.64. The quantitative estimate of drug-likeness (QED) is 0.325. The second-order valence-electron chi connectivity index (χ2n) is 12.2. The van der Waals surface area contributed by atoms with E-state index in [1.165, 1.54) is 0 Å². The minimum absolute atomic E-state index is 0.00328. The van der Waals surface area contributed by atoms with Gasteiger partial charge in [-0.25, -0.2) is 0 Å². The molecule has 3 amide bonds. The Morgan fingerprint density at radius 2 is 1.70 bits per heavy atom. The monoisotopic (exact) mass is 609 g/mol. The molecule has 3 heterocycles. The van der Waals surface area contributed by atoms with Crippen LogP contribution in [0.1, 0.15) is 24.9 Å². The Balaban J connectivity index is 1.51. The molecule has 3 saturated heterocycles. The fraction of sp³-hybridized carbons (Fsp3) is 0.361. The molecule has 1 N–H and O–H groups in total. The first-order chi connectivity index (χ1) is 21.3. The van der Waals surface area contributed by atoms with E-state index in [0.29, 0.717) is 12.2 Å². The number of fused-ring (bicyclic) bond motifs is 2. The van der Waals surface area contributed by atoms with Crippen LogP contribution in [0.25, 0.3) is 10.8 Å². The number of likely N-dealkylation sites (N-methyl/N-ethyl adjacent to an activating group) is 1. The number of hydrogen-bond donors (Lipinski definition) is 1. The minimum atomic E-state index is -0.892. The highest BCUT2D eigenvalue weighted by molar-refractivity contribution is 8.02. The Labute approximate surface area is 263 Å². The van der Waals surface area contributed by atoms with Gasteiger partial charge in [-0.15, -0.1) is 24.9 Å². The molecule has 2 bridgehead atoms. The van der Waals surface area contributed by atoms with Crippen molar-refractivity contribution in [3.05, 3.63) is 104 Å². The normalized spacial score (nSPS) is 27.7. The molecule has 8 heteroatoms.